The largest absolute Gasteiger partial charge is 0.508 e. The third kappa shape index (κ3) is 5.88. The van der Waals surface area contributed by atoms with Crippen molar-refractivity contribution in [1.29, 1.82) is 0 Å². The van der Waals surface area contributed by atoms with E-state index in [-0.39, 0.29) is 11.5 Å². The summed E-state index contributed by atoms with van der Waals surface area (Å²) in [6, 6.07) is 6.84. The van der Waals surface area contributed by atoms with Crippen LogP contribution in [-0.2, 0) is 11.2 Å². The summed E-state index contributed by atoms with van der Waals surface area (Å²) in [6.45, 7) is 5.06. The van der Waals surface area contributed by atoms with Crippen molar-refractivity contribution in [3.05, 3.63) is 29.8 Å². The summed E-state index contributed by atoms with van der Waals surface area (Å²) in [5.74, 6) is 1.60. The van der Waals surface area contributed by atoms with Gasteiger partial charge in [-0.15, -0.1) is 0 Å². The van der Waals surface area contributed by atoms with Gasteiger partial charge in [-0.2, -0.15) is 0 Å². The minimum Gasteiger partial charge on any atom is -0.508 e. The lowest BCUT2D eigenvalue weighted by atomic mass is 9.87. The molecule has 0 saturated carbocycles. The van der Waals surface area contributed by atoms with E-state index in [2.05, 4.69) is 13.8 Å². The number of nitrogens with two attached hydrogens (primary N) is 1. The molecule has 1 atom stereocenters. The average molecular weight is 263 g/mol. The predicted molar refractivity (Wildman–Crippen MR) is 78.1 cm³/mol. The van der Waals surface area contributed by atoms with E-state index in [9.17, 15) is 9.90 Å². The maximum Gasteiger partial charge on any atom is 0.137 e. The monoisotopic (exact) mass is 263 g/mol. The van der Waals surface area contributed by atoms with Gasteiger partial charge in [0.05, 0.1) is 0 Å². The normalized spacial score (nSPS) is 12.6. The van der Waals surface area contributed by atoms with Crippen molar-refractivity contribution in [3.8, 4) is 5.75 Å². The molecule has 0 aromatic heterocycles. The zero-order chi connectivity index (χ0) is 14.3. The molecule has 0 fully saturated rings. The van der Waals surface area contributed by atoms with Crippen LogP contribution in [0, 0.1) is 11.8 Å². The average Bonchev–Trinajstić information content (AvgIpc) is 2.37. The van der Waals surface area contributed by atoms with Gasteiger partial charge in [0.1, 0.15) is 11.5 Å². The van der Waals surface area contributed by atoms with E-state index in [0.29, 0.717) is 31.2 Å². The molecule has 0 saturated heterocycles. The highest BCUT2D eigenvalue weighted by atomic mass is 16.3. The van der Waals surface area contributed by atoms with Gasteiger partial charge in [0.15, 0.2) is 0 Å². The summed E-state index contributed by atoms with van der Waals surface area (Å²) in [4.78, 5) is 11.9. The molecule has 19 heavy (non-hydrogen) atoms. The fraction of sp³-hybridized carbons (Fsp3) is 0.562. The van der Waals surface area contributed by atoms with E-state index >= 15 is 0 Å². The molecule has 0 bridgehead atoms. The number of carbonyl (C=O) groups is 1. The van der Waals surface area contributed by atoms with Gasteiger partial charge >= 0.3 is 0 Å². The van der Waals surface area contributed by atoms with E-state index in [1.807, 2.05) is 0 Å². The molecule has 3 nitrogen and oxygen atoms in total. The van der Waals surface area contributed by atoms with E-state index in [0.717, 1.165) is 18.4 Å². The molecule has 1 unspecified atom stereocenters. The lowest BCUT2D eigenvalue weighted by Gasteiger charge is -2.19. The number of ketones is 1. The van der Waals surface area contributed by atoms with Crippen molar-refractivity contribution in [2.45, 2.75) is 39.5 Å². The molecular weight excluding hydrogens is 238 g/mol. The van der Waals surface area contributed by atoms with Crippen molar-refractivity contribution in [3.63, 3.8) is 0 Å². The number of aromatic hydroxyl groups is 1. The van der Waals surface area contributed by atoms with Crippen LogP contribution < -0.4 is 5.73 Å². The van der Waals surface area contributed by atoms with Crippen LogP contribution >= 0.6 is 0 Å². The van der Waals surface area contributed by atoms with Gasteiger partial charge in [0, 0.05) is 12.8 Å². The molecule has 0 spiro atoms. The van der Waals surface area contributed by atoms with Crippen LogP contribution in [-0.4, -0.2) is 17.4 Å². The molecule has 0 aliphatic heterocycles. The Kier molecular flexibility index (Phi) is 6.57. The first-order valence-corrected chi connectivity index (χ1v) is 7.02. The number of phenolic OH excluding ortho intramolecular Hbond substituents is 1. The topological polar surface area (TPSA) is 63.3 Å². The molecule has 106 valence electrons. The summed E-state index contributed by atoms with van der Waals surface area (Å²) in [6.07, 6.45) is 2.98. The Bertz CT molecular complexity index is 384. The van der Waals surface area contributed by atoms with Gasteiger partial charge < -0.3 is 10.8 Å². The summed E-state index contributed by atoms with van der Waals surface area (Å²) < 4.78 is 0. The van der Waals surface area contributed by atoms with E-state index in [1.54, 1.807) is 24.3 Å². The fourth-order valence-corrected chi connectivity index (χ4v) is 2.30. The Balaban J connectivity index is 2.40. The Morgan fingerprint density at radius 3 is 2.37 bits per heavy atom. The number of benzene rings is 1. The lowest BCUT2D eigenvalue weighted by Crippen LogP contribution is -2.16. The second kappa shape index (κ2) is 7.95. The minimum atomic E-state index is 0.235. The molecule has 0 amide bonds. The first kappa shape index (κ1) is 15.7. The predicted octanol–water partition coefficient (Wildman–Crippen LogP) is 2.91. The van der Waals surface area contributed by atoms with Crippen molar-refractivity contribution < 1.29 is 9.90 Å². The van der Waals surface area contributed by atoms with Gasteiger partial charge in [-0.1, -0.05) is 26.0 Å². The standard InChI is InChI=1S/C16H25NO2/c1-12(2)14(9-10-17)5-8-16(19)11-13-3-6-15(18)7-4-13/h3-4,6-7,12,14,18H,5,8-11,17H2,1-2H3. The molecule has 3 heteroatoms. The molecule has 0 heterocycles. The molecule has 1 aromatic rings. The number of carbonyl (C=O) groups excluding carboxylic acids is 1. The second-order valence-corrected chi connectivity index (χ2v) is 5.50. The summed E-state index contributed by atoms with van der Waals surface area (Å²) in [5.41, 5.74) is 6.56. The summed E-state index contributed by atoms with van der Waals surface area (Å²) in [5, 5.41) is 9.19. The number of phenols is 1. The minimum absolute atomic E-state index is 0.235. The Hall–Kier alpha value is -1.35. The third-order valence-corrected chi connectivity index (χ3v) is 3.61. The van der Waals surface area contributed by atoms with Gasteiger partial charge in [-0.25, -0.2) is 0 Å². The maximum absolute atomic E-state index is 11.9. The van der Waals surface area contributed by atoms with E-state index in [4.69, 9.17) is 5.73 Å². The third-order valence-electron chi connectivity index (χ3n) is 3.61. The van der Waals surface area contributed by atoms with Crippen LogP contribution in [0.3, 0.4) is 0 Å². The van der Waals surface area contributed by atoms with Crippen LogP contribution in [0.5, 0.6) is 5.75 Å². The molecule has 1 aromatic carbocycles. The highest BCUT2D eigenvalue weighted by molar-refractivity contribution is 5.80. The van der Waals surface area contributed by atoms with Crippen LogP contribution in [0.15, 0.2) is 24.3 Å². The molecule has 0 aliphatic carbocycles. The Morgan fingerprint density at radius 2 is 1.84 bits per heavy atom. The van der Waals surface area contributed by atoms with Crippen LogP contribution in [0.2, 0.25) is 0 Å². The molecule has 3 N–H and O–H groups in total. The number of hydrogen-bond acceptors (Lipinski definition) is 3. The highest BCUT2D eigenvalue weighted by Gasteiger charge is 2.14. The van der Waals surface area contributed by atoms with Gasteiger partial charge in [0.25, 0.3) is 0 Å². The molecule has 0 aliphatic rings. The number of rotatable bonds is 8. The number of hydrogen-bond donors (Lipinski definition) is 2. The summed E-state index contributed by atoms with van der Waals surface area (Å²) in [7, 11) is 0. The fourth-order valence-electron chi connectivity index (χ4n) is 2.30. The first-order valence-electron chi connectivity index (χ1n) is 7.02. The molecule has 1 rings (SSSR count). The Morgan fingerprint density at radius 1 is 1.21 bits per heavy atom. The van der Waals surface area contributed by atoms with Gasteiger partial charge in [-0.3, -0.25) is 4.79 Å². The van der Waals surface area contributed by atoms with Crippen molar-refractivity contribution in [1.82, 2.24) is 0 Å². The zero-order valence-electron chi connectivity index (χ0n) is 11.9. The Labute approximate surface area is 115 Å². The lowest BCUT2D eigenvalue weighted by molar-refractivity contribution is -0.118. The van der Waals surface area contributed by atoms with Crippen LogP contribution in [0.25, 0.3) is 0 Å². The zero-order valence-corrected chi connectivity index (χ0v) is 11.9. The SMILES string of the molecule is CC(C)C(CCN)CCC(=O)Cc1ccc(O)cc1. The van der Waals surface area contributed by atoms with Crippen molar-refractivity contribution >= 4 is 5.78 Å². The highest BCUT2D eigenvalue weighted by Crippen LogP contribution is 2.21. The quantitative estimate of drug-likeness (QED) is 0.758. The van der Waals surface area contributed by atoms with E-state index < -0.39 is 0 Å². The van der Waals surface area contributed by atoms with Gasteiger partial charge in [-0.05, 0) is 48.9 Å². The second-order valence-electron chi connectivity index (χ2n) is 5.50. The van der Waals surface area contributed by atoms with Crippen molar-refractivity contribution in [2.75, 3.05) is 6.54 Å². The van der Waals surface area contributed by atoms with Gasteiger partial charge in [0.2, 0.25) is 0 Å². The van der Waals surface area contributed by atoms with Crippen LogP contribution in [0.1, 0.15) is 38.7 Å². The summed E-state index contributed by atoms with van der Waals surface area (Å²) >= 11 is 0. The smallest absolute Gasteiger partial charge is 0.137 e. The molecular formula is C16H25NO2. The molecule has 0 radical (unpaired) electrons. The maximum atomic E-state index is 11.9. The number of Topliss-reactive ketones (excluding diaryl/α,β-unsaturated/α-hetero) is 1. The van der Waals surface area contributed by atoms with Crippen molar-refractivity contribution in [2.24, 2.45) is 17.6 Å². The van der Waals surface area contributed by atoms with E-state index in [1.165, 1.54) is 0 Å². The first-order chi connectivity index (χ1) is 9.02. The van der Waals surface area contributed by atoms with Crippen LogP contribution in [0.4, 0.5) is 0 Å².